The molecule has 1 aromatic carbocycles. The van der Waals surface area contributed by atoms with Crippen LogP contribution in [0.5, 0.6) is 5.75 Å². The van der Waals surface area contributed by atoms with Crippen LogP contribution in [0.1, 0.15) is 0 Å². The molecule has 0 saturated heterocycles. The van der Waals surface area contributed by atoms with Gasteiger partial charge in [-0.05, 0) is 30.3 Å². The summed E-state index contributed by atoms with van der Waals surface area (Å²) >= 11 is 0. The first-order valence-corrected chi connectivity index (χ1v) is 5.60. The molecule has 0 aliphatic rings. The molecule has 84 valence electrons. The van der Waals surface area contributed by atoms with Gasteiger partial charge in [-0.25, -0.2) is 4.68 Å². The SMILES string of the molecule is O=S(=O)(F)Oc1ccc(-n2cccn2)cc1. The maximum atomic E-state index is 12.2. The second-order valence-corrected chi connectivity index (χ2v) is 3.87. The Labute approximate surface area is 91.5 Å². The number of benzene rings is 1. The molecule has 0 aliphatic carbocycles. The number of hydrogen-bond donors (Lipinski definition) is 0. The Morgan fingerprint density at radius 3 is 2.44 bits per heavy atom. The van der Waals surface area contributed by atoms with Crippen LogP contribution in [0.15, 0.2) is 42.7 Å². The van der Waals surface area contributed by atoms with Crippen molar-refractivity contribution in [1.29, 1.82) is 0 Å². The largest absolute Gasteiger partial charge is 0.488 e. The lowest BCUT2D eigenvalue weighted by Crippen LogP contribution is -2.01. The number of hydrogen-bond acceptors (Lipinski definition) is 4. The van der Waals surface area contributed by atoms with Gasteiger partial charge in [-0.2, -0.15) is 13.5 Å². The van der Waals surface area contributed by atoms with E-state index in [-0.39, 0.29) is 5.75 Å². The summed E-state index contributed by atoms with van der Waals surface area (Å²) in [6.45, 7) is 0. The Morgan fingerprint density at radius 2 is 1.94 bits per heavy atom. The molecule has 7 heteroatoms. The van der Waals surface area contributed by atoms with E-state index in [2.05, 4.69) is 9.28 Å². The van der Waals surface area contributed by atoms with Crippen LogP contribution in [0.25, 0.3) is 5.69 Å². The average molecular weight is 242 g/mol. The van der Waals surface area contributed by atoms with Crippen molar-refractivity contribution >= 4 is 10.5 Å². The molecule has 0 amide bonds. The van der Waals surface area contributed by atoms with Crippen LogP contribution in [0, 0.1) is 0 Å². The quantitative estimate of drug-likeness (QED) is 0.764. The molecule has 0 bridgehead atoms. The lowest BCUT2D eigenvalue weighted by molar-refractivity contribution is 0.440. The van der Waals surface area contributed by atoms with E-state index >= 15 is 0 Å². The van der Waals surface area contributed by atoms with Gasteiger partial charge >= 0.3 is 10.5 Å². The highest BCUT2D eigenvalue weighted by molar-refractivity contribution is 7.81. The highest BCUT2D eigenvalue weighted by Gasteiger charge is 2.09. The third-order valence-electron chi connectivity index (χ3n) is 1.80. The molecule has 0 saturated carbocycles. The molecular weight excluding hydrogens is 235 g/mol. The molecule has 0 spiro atoms. The van der Waals surface area contributed by atoms with Gasteiger partial charge in [0.05, 0.1) is 5.69 Å². The van der Waals surface area contributed by atoms with E-state index in [0.29, 0.717) is 5.69 Å². The minimum Gasteiger partial charge on any atom is -0.358 e. The molecule has 2 rings (SSSR count). The third kappa shape index (κ3) is 2.57. The summed E-state index contributed by atoms with van der Waals surface area (Å²) in [5.74, 6) is -0.0848. The smallest absolute Gasteiger partial charge is 0.358 e. The van der Waals surface area contributed by atoms with Crippen LogP contribution in [0.4, 0.5) is 3.89 Å². The van der Waals surface area contributed by atoms with Gasteiger partial charge in [0.15, 0.2) is 0 Å². The summed E-state index contributed by atoms with van der Waals surface area (Å²) in [5.41, 5.74) is 0.716. The van der Waals surface area contributed by atoms with Crippen molar-refractivity contribution in [3.05, 3.63) is 42.7 Å². The first-order valence-electron chi connectivity index (χ1n) is 4.29. The summed E-state index contributed by atoms with van der Waals surface area (Å²) in [7, 11) is -4.97. The first kappa shape index (κ1) is 10.6. The Bertz CT molecular complexity index is 563. The van der Waals surface area contributed by atoms with Gasteiger partial charge < -0.3 is 4.18 Å². The number of halogens is 1. The highest BCUT2D eigenvalue weighted by Crippen LogP contribution is 2.16. The minimum atomic E-state index is -4.97. The van der Waals surface area contributed by atoms with Crippen LogP contribution >= 0.6 is 0 Å². The molecule has 0 unspecified atom stereocenters. The van der Waals surface area contributed by atoms with Crippen LogP contribution in [0.3, 0.4) is 0 Å². The Kier molecular flexibility index (Phi) is 2.61. The van der Waals surface area contributed by atoms with Gasteiger partial charge in [-0.3, -0.25) is 0 Å². The molecule has 16 heavy (non-hydrogen) atoms. The van der Waals surface area contributed by atoms with Crippen LogP contribution in [-0.2, 0) is 10.5 Å². The molecule has 5 nitrogen and oxygen atoms in total. The number of aromatic nitrogens is 2. The third-order valence-corrected chi connectivity index (χ3v) is 2.19. The van der Waals surface area contributed by atoms with Gasteiger partial charge in [0.25, 0.3) is 0 Å². The van der Waals surface area contributed by atoms with E-state index in [9.17, 15) is 12.3 Å². The van der Waals surface area contributed by atoms with Crippen molar-refractivity contribution in [2.24, 2.45) is 0 Å². The van der Waals surface area contributed by atoms with E-state index in [0.717, 1.165) is 0 Å². The van der Waals surface area contributed by atoms with Crippen LogP contribution in [0.2, 0.25) is 0 Å². The first-order chi connectivity index (χ1) is 7.54. The minimum absolute atomic E-state index is 0.0848. The molecule has 0 radical (unpaired) electrons. The van der Waals surface area contributed by atoms with Crippen molar-refractivity contribution < 1.29 is 16.5 Å². The Morgan fingerprint density at radius 1 is 1.25 bits per heavy atom. The molecule has 2 aromatic rings. The summed E-state index contributed by atoms with van der Waals surface area (Å²) in [6, 6.07) is 7.56. The molecule has 1 heterocycles. The zero-order chi connectivity index (χ0) is 11.6. The van der Waals surface area contributed by atoms with Crippen molar-refractivity contribution in [3.8, 4) is 11.4 Å². The van der Waals surface area contributed by atoms with E-state index in [1.54, 1.807) is 35.3 Å². The molecule has 1 aromatic heterocycles. The number of rotatable bonds is 3. The average Bonchev–Trinajstić information content (AvgIpc) is 2.69. The van der Waals surface area contributed by atoms with Crippen molar-refractivity contribution in [2.45, 2.75) is 0 Å². The molecule has 0 N–H and O–H groups in total. The van der Waals surface area contributed by atoms with E-state index < -0.39 is 10.5 Å². The predicted molar refractivity (Wildman–Crippen MR) is 54.2 cm³/mol. The summed E-state index contributed by atoms with van der Waals surface area (Å²) < 4.78 is 38.2. The summed E-state index contributed by atoms with van der Waals surface area (Å²) in [4.78, 5) is 0. The monoisotopic (exact) mass is 242 g/mol. The molecular formula is C9H7FN2O3S. The maximum absolute atomic E-state index is 12.2. The van der Waals surface area contributed by atoms with Crippen LogP contribution in [-0.4, -0.2) is 18.2 Å². The van der Waals surface area contributed by atoms with E-state index in [1.807, 2.05) is 0 Å². The highest BCUT2D eigenvalue weighted by atomic mass is 32.3. The molecule has 0 aliphatic heterocycles. The summed E-state index contributed by atoms with van der Waals surface area (Å²) in [5, 5.41) is 3.97. The van der Waals surface area contributed by atoms with Gasteiger partial charge in [-0.15, -0.1) is 0 Å². The van der Waals surface area contributed by atoms with Gasteiger partial charge in [0.2, 0.25) is 0 Å². The Balaban J connectivity index is 2.24. The van der Waals surface area contributed by atoms with Gasteiger partial charge in [0, 0.05) is 12.4 Å². The summed E-state index contributed by atoms with van der Waals surface area (Å²) in [6.07, 6.45) is 3.33. The lowest BCUT2D eigenvalue weighted by Gasteiger charge is -2.02. The van der Waals surface area contributed by atoms with Gasteiger partial charge in [0.1, 0.15) is 5.75 Å². The maximum Gasteiger partial charge on any atom is 0.488 e. The fourth-order valence-electron chi connectivity index (χ4n) is 1.19. The normalized spacial score (nSPS) is 11.3. The van der Waals surface area contributed by atoms with Crippen molar-refractivity contribution in [1.82, 2.24) is 9.78 Å². The standard InChI is InChI=1S/C9H7FN2O3S/c10-16(13,14)15-9-4-2-8(3-5-9)12-7-1-6-11-12/h1-7H. The fourth-order valence-corrected chi connectivity index (χ4v) is 1.53. The lowest BCUT2D eigenvalue weighted by atomic mass is 10.3. The van der Waals surface area contributed by atoms with Crippen molar-refractivity contribution in [2.75, 3.05) is 0 Å². The fraction of sp³-hybridized carbons (Fsp3) is 0. The predicted octanol–water partition coefficient (Wildman–Crippen LogP) is 1.47. The second-order valence-electron chi connectivity index (χ2n) is 2.92. The van der Waals surface area contributed by atoms with E-state index in [4.69, 9.17) is 0 Å². The zero-order valence-corrected chi connectivity index (χ0v) is 8.76. The topological polar surface area (TPSA) is 61.2 Å². The second kappa shape index (κ2) is 3.93. The Hall–Kier alpha value is -1.89. The zero-order valence-electron chi connectivity index (χ0n) is 7.95. The van der Waals surface area contributed by atoms with Crippen molar-refractivity contribution in [3.63, 3.8) is 0 Å². The number of nitrogens with zero attached hydrogens (tertiary/aromatic N) is 2. The molecule has 0 fully saturated rings. The van der Waals surface area contributed by atoms with Gasteiger partial charge in [-0.1, -0.05) is 3.89 Å². The van der Waals surface area contributed by atoms with E-state index in [1.165, 1.54) is 12.1 Å². The van der Waals surface area contributed by atoms with Crippen LogP contribution < -0.4 is 4.18 Å². The molecule has 0 atom stereocenters.